The van der Waals surface area contributed by atoms with E-state index >= 15 is 0 Å². The maximum atomic E-state index is 11.9. The van der Waals surface area contributed by atoms with Gasteiger partial charge in [-0.25, -0.2) is 0 Å². The molecule has 1 rings (SSSR count). The van der Waals surface area contributed by atoms with E-state index in [0.717, 1.165) is 18.4 Å². The van der Waals surface area contributed by atoms with E-state index in [1.165, 1.54) is 0 Å². The highest BCUT2D eigenvalue weighted by molar-refractivity contribution is 9.10. The first-order valence-electron chi connectivity index (χ1n) is 5.34. The highest BCUT2D eigenvalue weighted by Crippen LogP contribution is 2.17. The van der Waals surface area contributed by atoms with Crippen molar-refractivity contribution in [2.24, 2.45) is 5.92 Å². The van der Waals surface area contributed by atoms with Crippen LogP contribution in [-0.4, -0.2) is 10.6 Å². The second-order valence-corrected chi connectivity index (χ2v) is 5.27. The molecule has 2 heteroatoms. The molecule has 0 radical (unpaired) electrons. The van der Waals surface area contributed by atoms with Crippen molar-refractivity contribution in [2.45, 2.75) is 31.5 Å². The van der Waals surface area contributed by atoms with Crippen molar-refractivity contribution in [3.63, 3.8) is 0 Å². The maximum absolute atomic E-state index is 11.9. The van der Waals surface area contributed by atoms with Crippen molar-refractivity contribution in [3.8, 4) is 0 Å². The predicted octanol–water partition coefficient (Wildman–Crippen LogP) is 4.07. The zero-order valence-electron chi connectivity index (χ0n) is 9.24. The molecule has 1 aromatic carbocycles. The quantitative estimate of drug-likeness (QED) is 0.581. The zero-order valence-corrected chi connectivity index (χ0v) is 10.8. The van der Waals surface area contributed by atoms with E-state index in [1.807, 2.05) is 30.3 Å². The first-order chi connectivity index (χ1) is 7.11. The van der Waals surface area contributed by atoms with Gasteiger partial charge >= 0.3 is 0 Å². The van der Waals surface area contributed by atoms with Crippen LogP contribution in [0.4, 0.5) is 0 Å². The van der Waals surface area contributed by atoms with Gasteiger partial charge in [-0.3, -0.25) is 4.79 Å². The Morgan fingerprint density at radius 1 is 1.20 bits per heavy atom. The molecule has 1 aromatic rings. The van der Waals surface area contributed by atoms with Crippen molar-refractivity contribution in [3.05, 3.63) is 35.9 Å². The lowest BCUT2D eigenvalue weighted by Crippen LogP contribution is -2.14. The molecular formula is C13H17BrO. The Morgan fingerprint density at radius 3 is 2.33 bits per heavy atom. The Bertz CT molecular complexity index is 306. The van der Waals surface area contributed by atoms with E-state index in [1.54, 1.807) is 0 Å². The molecule has 0 spiro atoms. The summed E-state index contributed by atoms with van der Waals surface area (Å²) in [6.07, 6.45) is 1.99. The minimum Gasteiger partial charge on any atom is -0.293 e. The number of benzene rings is 1. The van der Waals surface area contributed by atoms with Gasteiger partial charge in [-0.05, 0) is 18.8 Å². The third-order valence-electron chi connectivity index (χ3n) is 2.34. The van der Waals surface area contributed by atoms with E-state index in [0.29, 0.717) is 5.92 Å². The van der Waals surface area contributed by atoms with Crippen LogP contribution in [0.5, 0.6) is 0 Å². The average Bonchev–Trinajstić information content (AvgIpc) is 2.26. The standard InChI is InChI=1S/C13H17BrO/c1-10(2)8-9-12(14)13(15)11-6-4-3-5-7-11/h3-7,10,12H,8-9H2,1-2H3. The highest BCUT2D eigenvalue weighted by Gasteiger charge is 2.16. The van der Waals surface area contributed by atoms with Gasteiger partial charge in [-0.15, -0.1) is 0 Å². The first-order valence-corrected chi connectivity index (χ1v) is 6.26. The second kappa shape index (κ2) is 6.06. The molecule has 1 nitrogen and oxygen atoms in total. The van der Waals surface area contributed by atoms with Crippen LogP contribution in [0.3, 0.4) is 0 Å². The number of hydrogen-bond donors (Lipinski definition) is 0. The van der Waals surface area contributed by atoms with E-state index in [2.05, 4.69) is 29.8 Å². The molecule has 0 fully saturated rings. The molecule has 0 heterocycles. The van der Waals surface area contributed by atoms with Gasteiger partial charge in [0.15, 0.2) is 5.78 Å². The second-order valence-electron chi connectivity index (χ2n) is 4.17. The number of hydrogen-bond acceptors (Lipinski definition) is 1. The summed E-state index contributed by atoms with van der Waals surface area (Å²) in [6, 6.07) is 9.46. The summed E-state index contributed by atoms with van der Waals surface area (Å²) >= 11 is 3.46. The molecule has 0 bridgehead atoms. The van der Waals surface area contributed by atoms with Crippen LogP contribution >= 0.6 is 15.9 Å². The van der Waals surface area contributed by atoms with E-state index < -0.39 is 0 Å². The van der Waals surface area contributed by atoms with E-state index in [-0.39, 0.29) is 10.6 Å². The fraction of sp³-hybridized carbons (Fsp3) is 0.462. The van der Waals surface area contributed by atoms with Gasteiger partial charge in [-0.2, -0.15) is 0 Å². The molecule has 0 aliphatic carbocycles. The van der Waals surface area contributed by atoms with Gasteiger partial charge in [-0.1, -0.05) is 60.1 Å². The van der Waals surface area contributed by atoms with Gasteiger partial charge in [0.25, 0.3) is 0 Å². The van der Waals surface area contributed by atoms with Crippen molar-refractivity contribution in [2.75, 3.05) is 0 Å². The SMILES string of the molecule is CC(C)CCC(Br)C(=O)c1ccccc1. The number of carbonyl (C=O) groups excluding carboxylic acids is 1. The lowest BCUT2D eigenvalue weighted by molar-refractivity contribution is 0.0987. The fourth-order valence-electron chi connectivity index (χ4n) is 1.39. The maximum Gasteiger partial charge on any atom is 0.176 e. The van der Waals surface area contributed by atoms with Gasteiger partial charge in [0.1, 0.15) is 0 Å². The Hall–Kier alpha value is -0.630. The topological polar surface area (TPSA) is 17.1 Å². The Labute approximate surface area is 100 Å². The summed E-state index contributed by atoms with van der Waals surface area (Å²) in [7, 11) is 0. The Morgan fingerprint density at radius 2 is 1.80 bits per heavy atom. The first kappa shape index (κ1) is 12.4. The molecule has 0 saturated heterocycles. The number of carbonyl (C=O) groups is 1. The average molecular weight is 269 g/mol. The molecule has 0 aliphatic rings. The molecular weight excluding hydrogens is 252 g/mol. The molecule has 0 amide bonds. The number of ketones is 1. The fourth-order valence-corrected chi connectivity index (χ4v) is 1.92. The summed E-state index contributed by atoms with van der Waals surface area (Å²) in [4.78, 5) is 11.9. The molecule has 0 aromatic heterocycles. The summed E-state index contributed by atoms with van der Waals surface area (Å²) in [6.45, 7) is 4.35. The van der Waals surface area contributed by atoms with Crippen molar-refractivity contribution >= 4 is 21.7 Å². The Kier molecular flexibility index (Phi) is 5.03. The molecule has 0 N–H and O–H groups in total. The largest absolute Gasteiger partial charge is 0.293 e. The van der Waals surface area contributed by atoms with Crippen LogP contribution in [0.2, 0.25) is 0 Å². The van der Waals surface area contributed by atoms with Crippen molar-refractivity contribution < 1.29 is 4.79 Å². The van der Waals surface area contributed by atoms with Crippen LogP contribution in [0.25, 0.3) is 0 Å². The number of Topliss-reactive ketones (excluding diaryl/α,β-unsaturated/α-hetero) is 1. The van der Waals surface area contributed by atoms with Gasteiger partial charge in [0.05, 0.1) is 4.83 Å². The van der Waals surface area contributed by atoms with Crippen LogP contribution < -0.4 is 0 Å². The molecule has 1 unspecified atom stereocenters. The zero-order chi connectivity index (χ0) is 11.3. The van der Waals surface area contributed by atoms with Gasteiger partial charge in [0.2, 0.25) is 0 Å². The summed E-state index contributed by atoms with van der Waals surface area (Å²) in [5.74, 6) is 0.838. The number of rotatable bonds is 5. The van der Waals surface area contributed by atoms with Crippen LogP contribution in [-0.2, 0) is 0 Å². The smallest absolute Gasteiger partial charge is 0.176 e. The minimum absolute atomic E-state index is 0.0395. The molecule has 1 atom stereocenters. The third-order valence-corrected chi connectivity index (χ3v) is 3.21. The molecule has 15 heavy (non-hydrogen) atoms. The van der Waals surface area contributed by atoms with Crippen LogP contribution in [0.1, 0.15) is 37.0 Å². The lowest BCUT2D eigenvalue weighted by Gasteiger charge is -2.10. The minimum atomic E-state index is -0.0395. The van der Waals surface area contributed by atoms with Crippen LogP contribution in [0.15, 0.2) is 30.3 Å². The number of alkyl halides is 1. The molecule has 0 saturated carbocycles. The predicted molar refractivity (Wildman–Crippen MR) is 67.6 cm³/mol. The van der Waals surface area contributed by atoms with Crippen molar-refractivity contribution in [1.82, 2.24) is 0 Å². The summed E-state index contributed by atoms with van der Waals surface area (Å²) < 4.78 is 0. The summed E-state index contributed by atoms with van der Waals surface area (Å²) in [5, 5.41) is 0. The molecule has 0 aliphatic heterocycles. The van der Waals surface area contributed by atoms with Crippen LogP contribution in [0, 0.1) is 5.92 Å². The Balaban J connectivity index is 2.54. The number of halogens is 1. The van der Waals surface area contributed by atoms with Gasteiger partial charge < -0.3 is 0 Å². The third kappa shape index (κ3) is 4.17. The van der Waals surface area contributed by atoms with E-state index in [9.17, 15) is 4.79 Å². The molecule has 82 valence electrons. The van der Waals surface area contributed by atoms with E-state index in [4.69, 9.17) is 0 Å². The normalized spacial score (nSPS) is 12.8. The lowest BCUT2D eigenvalue weighted by atomic mass is 10.0. The summed E-state index contributed by atoms with van der Waals surface area (Å²) in [5.41, 5.74) is 0.795. The van der Waals surface area contributed by atoms with Gasteiger partial charge in [0, 0.05) is 5.56 Å². The monoisotopic (exact) mass is 268 g/mol. The highest BCUT2D eigenvalue weighted by atomic mass is 79.9. The van der Waals surface area contributed by atoms with Crippen molar-refractivity contribution in [1.29, 1.82) is 0 Å².